The number of nitrogens with one attached hydrogen (secondary N) is 1. The van der Waals surface area contributed by atoms with Crippen LogP contribution in [0.4, 0.5) is 8.78 Å². The Kier molecular flexibility index (Phi) is 7.24. The van der Waals surface area contributed by atoms with Gasteiger partial charge in [0.2, 0.25) is 0 Å². The molecule has 0 bridgehead atoms. The van der Waals surface area contributed by atoms with Crippen LogP contribution < -0.4 is 4.72 Å². The zero-order chi connectivity index (χ0) is 22.8. The van der Waals surface area contributed by atoms with E-state index in [-0.39, 0.29) is 36.1 Å². The van der Waals surface area contributed by atoms with Crippen molar-refractivity contribution in [3.63, 3.8) is 0 Å². The summed E-state index contributed by atoms with van der Waals surface area (Å²) in [6, 6.07) is 12.4. The highest BCUT2D eigenvalue weighted by atomic mass is 32.1. The van der Waals surface area contributed by atoms with E-state index in [1.807, 2.05) is 37.3 Å². The third-order valence-corrected chi connectivity index (χ3v) is 7.04. The number of aliphatic hydroxyl groups is 1. The SMILES string of the molecule is CC(=O)C1(c2cc(F)c(CC(CC[C@H](C)NS)c3ccccc3)cc2F)CC(C)(O)C1. The molecule has 0 amide bonds. The highest BCUT2D eigenvalue weighted by Crippen LogP contribution is 2.51. The molecule has 2 N–H and O–H groups in total. The maximum absolute atomic E-state index is 15.2. The minimum absolute atomic E-state index is 0.0243. The summed E-state index contributed by atoms with van der Waals surface area (Å²) in [5.74, 6) is -1.32. The molecule has 2 atom stereocenters. The van der Waals surface area contributed by atoms with Crippen LogP contribution in [0.25, 0.3) is 0 Å². The maximum Gasteiger partial charge on any atom is 0.140 e. The van der Waals surface area contributed by atoms with Crippen LogP contribution in [0.1, 0.15) is 69.1 Å². The van der Waals surface area contributed by atoms with E-state index in [2.05, 4.69) is 17.5 Å². The van der Waals surface area contributed by atoms with Gasteiger partial charge in [0, 0.05) is 11.6 Å². The van der Waals surface area contributed by atoms with Crippen molar-refractivity contribution < 1.29 is 18.7 Å². The van der Waals surface area contributed by atoms with Gasteiger partial charge in [-0.1, -0.05) is 43.1 Å². The fourth-order valence-electron chi connectivity index (χ4n) is 4.88. The van der Waals surface area contributed by atoms with Gasteiger partial charge in [0.15, 0.2) is 0 Å². The van der Waals surface area contributed by atoms with Gasteiger partial charge in [0.25, 0.3) is 0 Å². The van der Waals surface area contributed by atoms with Crippen LogP contribution in [0.15, 0.2) is 42.5 Å². The van der Waals surface area contributed by atoms with E-state index >= 15 is 8.78 Å². The smallest absolute Gasteiger partial charge is 0.140 e. The number of thiol groups is 1. The van der Waals surface area contributed by atoms with E-state index < -0.39 is 22.7 Å². The Labute approximate surface area is 188 Å². The van der Waals surface area contributed by atoms with Gasteiger partial charge in [-0.25, -0.2) is 8.78 Å². The molecule has 6 heteroatoms. The monoisotopic (exact) mass is 447 g/mol. The molecule has 1 fully saturated rings. The molecule has 0 saturated heterocycles. The highest BCUT2D eigenvalue weighted by molar-refractivity contribution is 7.78. The van der Waals surface area contributed by atoms with Crippen LogP contribution in [0.2, 0.25) is 0 Å². The molecular weight excluding hydrogens is 416 g/mol. The molecule has 3 nitrogen and oxygen atoms in total. The average molecular weight is 448 g/mol. The van der Waals surface area contributed by atoms with Crippen LogP contribution in [-0.4, -0.2) is 22.5 Å². The van der Waals surface area contributed by atoms with Gasteiger partial charge in [0.1, 0.15) is 17.4 Å². The topological polar surface area (TPSA) is 49.3 Å². The molecule has 31 heavy (non-hydrogen) atoms. The maximum atomic E-state index is 15.2. The second-order valence-electron chi connectivity index (χ2n) is 9.33. The minimum atomic E-state index is -1.15. The predicted octanol–water partition coefficient (Wildman–Crippen LogP) is 5.27. The first-order valence-corrected chi connectivity index (χ1v) is 11.2. The number of ketones is 1. The number of rotatable bonds is 9. The lowest BCUT2D eigenvalue weighted by molar-refractivity contribution is -0.140. The predicted molar refractivity (Wildman–Crippen MR) is 122 cm³/mol. The summed E-state index contributed by atoms with van der Waals surface area (Å²) >= 11 is 4.11. The number of hydrogen-bond acceptors (Lipinski definition) is 4. The van der Waals surface area contributed by atoms with Crippen LogP contribution in [-0.2, 0) is 16.6 Å². The molecule has 1 saturated carbocycles. The van der Waals surface area contributed by atoms with E-state index in [1.54, 1.807) is 6.92 Å². The van der Waals surface area contributed by atoms with E-state index in [0.717, 1.165) is 18.4 Å². The molecule has 2 aromatic carbocycles. The van der Waals surface area contributed by atoms with Gasteiger partial charge in [-0.3, -0.25) is 9.52 Å². The molecule has 2 aromatic rings. The molecule has 0 heterocycles. The van der Waals surface area contributed by atoms with E-state index in [0.29, 0.717) is 12.0 Å². The summed E-state index contributed by atoms with van der Waals surface area (Å²) in [5.41, 5.74) is -0.764. The number of carbonyl (C=O) groups is 1. The third kappa shape index (κ3) is 5.18. The van der Waals surface area contributed by atoms with Crippen LogP contribution in [0, 0.1) is 11.6 Å². The van der Waals surface area contributed by atoms with Crippen molar-refractivity contribution >= 4 is 18.6 Å². The summed E-state index contributed by atoms with van der Waals surface area (Å²) in [6.45, 7) is 5.02. The van der Waals surface area contributed by atoms with Crippen molar-refractivity contribution in [2.24, 2.45) is 0 Å². The van der Waals surface area contributed by atoms with Crippen molar-refractivity contribution in [1.82, 2.24) is 4.72 Å². The molecule has 1 unspecified atom stereocenters. The summed E-state index contributed by atoms with van der Waals surface area (Å²) < 4.78 is 33.2. The van der Waals surface area contributed by atoms with E-state index in [4.69, 9.17) is 0 Å². The number of hydrogen-bond donors (Lipinski definition) is 3. The molecule has 1 aliphatic rings. The Morgan fingerprint density at radius 3 is 2.35 bits per heavy atom. The first kappa shape index (κ1) is 23.9. The third-order valence-electron chi connectivity index (χ3n) is 6.60. The van der Waals surface area contributed by atoms with Crippen molar-refractivity contribution in [1.29, 1.82) is 0 Å². The zero-order valence-electron chi connectivity index (χ0n) is 18.3. The molecule has 0 spiro atoms. The Bertz CT molecular complexity index is 925. The minimum Gasteiger partial charge on any atom is -0.390 e. The Hall–Kier alpha value is -1.76. The highest BCUT2D eigenvalue weighted by Gasteiger charge is 2.56. The van der Waals surface area contributed by atoms with Gasteiger partial charge in [0.05, 0.1) is 11.0 Å². The largest absolute Gasteiger partial charge is 0.390 e. The first-order chi connectivity index (χ1) is 14.6. The number of Topliss-reactive ketones (excluding diaryl/α,β-unsaturated/α-hetero) is 1. The average Bonchev–Trinajstić information content (AvgIpc) is 2.71. The number of benzene rings is 2. The summed E-state index contributed by atoms with van der Waals surface area (Å²) in [4.78, 5) is 12.3. The number of halogens is 2. The molecule has 1 aliphatic carbocycles. The van der Waals surface area contributed by atoms with Gasteiger partial charge in [-0.2, -0.15) is 0 Å². The van der Waals surface area contributed by atoms with E-state index in [1.165, 1.54) is 19.1 Å². The molecule has 3 rings (SSSR count). The van der Waals surface area contributed by atoms with Gasteiger partial charge in [-0.15, -0.1) is 0 Å². The molecular formula is C25H31F2NO2S. The zero-order valence-corrected chi connectivity index (χ0v) is 19.2. The first-order valence-electron chi connectivity index (χ1n) is 10.7. The van der Waals surface area contributed by atoms with Gasteiger partial charge >= 0.3 is 0 Å². The lowest BCUT2D eigenvalue weighted by Gasteiger charge is -2.50. The van der Waals surface area contributed by atoms with E-state index in [9.17, 15) is 9.90 Å². The Morgan fingerprint density at radius 1 is 1.16 bits per heavy atom. The molecule has 0 aliphatic heterocycles. The quantitative estimate of drug-likeness (QED) is 0.459. The van der Waals surface area contributed by atoms with Crippen LogP contribution >= 0.6 is 12.8 Å². The van der Waals surface area contributed by atoms with Crippen LogP contribution in [0.3, 0.4) is 0 Å². The molecule has 168 valence electrons. The summed E-state index contributed by atoms with van der Waals surface area (Å²) in [5, 5.41) is 10.2. The standard InChI is InChI=1S/C25H31F2NO2S/c1-16(28-31)9-10-19(18-7-5-4-6-8-18)11-20-12-23(27)21(13-22(20)26)25(17(2)29)14-24(3,30)15-25/h4-8,12-13,16,19,28,30-31H,9-11,14-15H2,1-3H3/t16-,19?,24?,25?/m0/s1. The lowest BCUT2D eigenvalue weighted by atomic mass is 9.55. The molecule has 0 aromatic heterocycles. The van der Waals surface area contributed by atoms with Crippen molar-refractivity contribution in [3.05, 3.63) is 70.8 Å². The second-order valence-corrected chi connectivity index (χ2v) is 9.59. The molecule has 0 radical (unpaired) electrons. The Morgan fingerprint density at radius 2 is 1.81 bits per heavy atom. The summed E-state index contributed by atoms with van der Waals surface area (Å²) in [6.07, 6.45) is 2.20. The lowest BCUT2D eigenvalue weighted by Crippen LogP contribution is -2.57. The Balaban J connectivity index is 1.89. The van der Waals surface area contributed by atoms with Gasteiger partial charge in [-0.05, 0) is 82.1 Å². The van der Waals surface area contributed by atoms with Crippen molar-refractivity contribution in [2.75, 3.05) is 0 Å². The fraction of sp³-hybridized carbons (Fsp3) is 0.480. The van der Waals surface area contributed by atoms with Crippen molar-refractivity contribution in [3.8, 4) is 0 Å². The number of carbonyl (C=O) groups excluding carboxylic acids is 1. The van der Waals surface area contributed by atoms with Crippen molar-refractivity contribution in [2.45, 2.75) is 75.9 Å². The fourth-order valence-corrected chi connectivity index (χ4v) is 5.01. The van der Waals surface area contributed by atoms with Gasteiger partial charge < -0.3 is 5.11 Å². The second kappa shape index (κ2) is 9.39. The van der Waals surface area contributed by atoms with Crippen LogP contribution in [0.5, 0.6) is 0 Å². The summed E-state index contributed by atoms with van der Waals surface area (Å²) in [7, 11) is 0. The normalized spacial score (nSPS) is 25.0.